The van der Waals surface area contributed by atoms with Crippen molar-refractivity contribution < 1.29 is 25.3 Å². The van der Waals surface area contributed by atoms with Crippen molar-refractivity contribution in [2.75, 3.05) is 18.5 Å². The van der Waals surface area contributed by atoms with Crippen LogP contribution in [0.2, 0.25) is 0 Å². The molecule has 2 aromatic carbocycles. The van der Waals surface area contributed by atoms with Gasteiger partial charge < -0.3 is 30.7 Å². The van der Waals surface area contributed by atoms with Gasteiger partial charge in [-0.3, -0.25) is 15.0 Å². The molecule has 0 amide bonds. The third-order valence-electron chi connectivity index (χ3n) is 6.18. The number of β-amino-alcohol motifs (C(OH)–C–C–N with tert-alkyl or cyclic N) is 1. The average molecular weight is 469 g/mol. The summed E-state index contributed by atoms with van der Waals surface area (Å²) < 4.78 is 0. The second-order valence-corrected chi connectivity index (χ2v) is 8.47. The molecule has 0 radical (unpaired) electrons. The number of rotatable bonds is 8. The lowest BCUT2D eigenvalue weighted by atomic mass is 9.93. The zero-order valence-corrected chi connectivity index (χ0v) is 18.4. The van der Waals surface area contributed by atoms with Gasteiger partial charge in [-0.05, 0) is 29.3 Å². The molecule has 1 saturated heterocycles. The molecular formula is C24H28N4O6. The summed E-state index contributed by atoms with van der Waals surface area (Å²) >= 11 is 0. The molecule has 1 fully saturated rings. The fraction of sp³-hybridized carbons (Fsp3) is 0.333. The number of benzene rings is 2. The van der Waals surface area contributed by atoms with Gasteiger partial charge >= 0.3 is 0 Å². The Hall–Kier alpha value is -3.28. The number of nitro groups is 1. The van der Waals surface area contributed by atoms with Crippen LogP contribution in [-0.2, 0) is 13.1 Å². The van der Waals surface area contributed by atoms with E-state index in [9.17, 15) is 30.5 Å². The molecule has 2 heterocycles. The molecule has 180 valence electrons. The first-order valence-electron chi connectivity index (χ1n) is 11.0. The third kappa shape index (κ3) is 5.11. The predicted octanol–water partition coefficient (Wildman–Crippen LogP) is 1.46. The first-order chi connectivity index (χ1) is 16.4. The molecule has 0 saturated carbocycles. The number of likely N-dealkylation sites (tertiary alicyclic amines) is 1. The van der Waals surface area contributed by atoms with Crippen LogP contribution in [0, 0.1) is 10.1 Å². The molecule has 0 spiro atoms. The molecule has 10 nitrogen and oxygen atoms in total. The first kappa shape index (κ1) is 23.9. The molecule has 3 aromatic rings. The number of aromatic amines is 1. The van der Waals surface area contributed by atoms with Crippen LogP contribution in [0.4, 0.5) is 11.4 Å². The number of nitro benzene ring substituents is 1. The number of hydrogen-bond donors (Lipinski definition) is 6. The summed E-state index contributed by atoms with van der Waals surface area (Å²) in [5.74, 6) is 0. The summed E-state index contributed by atoms with van der Waals surface area (Å²) in [6, 6.07) is 15.6. The van der Waals surface area contributed by atoms with Crippen LogP contribution in [-0.4, -0.2) is 72.7 Å². The highest BCUT2D eigenvalue weighted by Crippen LogP contribution is 2.30. The van der Waals surface area contributed by atoms with Crippen LogP contribution in [0.1, 0.15) is 11.1 Å². The molecule has 6 N–H and O–H groups in total. The van der Waals surface area contributed by atoms with E-state index in [0.717, 1.165) is 22.4 Å². The molecule has 0 aliphatic carbocycles. The van der Waals surface area contributed by atoms with E-state index in [1.165, 1.54) is 6.07 Å². The van der Waals surface area contributed by atoms with E-state index in [1.807, 2.05) is 42.5 Å². The monoisotopic (exact) mass is 468 g/mol. The number of aromatic nitrogens is 1. The van der Waals surface area contributed by atoms with E-state index in [-0.39, 0.29) is 18.8 Å². The normalized spacial score (nSPS) is 23.1. The Morgan fingerprint density at radius 1 is 1.06 bits per heavy atom. The summed E-state index contributed by atoms with van der Waals surface area (Å²) in [5, 5.41) is 54.5. The maximum atomic E-state index is 11.6. The maximum Gasteiger partial charge on any atom is 0.292 e. The number of nitrogens with one attached hydrogen (secondary N) is 2. The van der Waals surface area contributed by atoms with Gasteiger partial charge in [0.15, 0.2) is 0 Å². The number of piperidine rings is 1. The highest BCUT2D eigenvalue weighted by molar-refractivity contribution is 5.71. The highest BCUT2D eigenvalue weighted by atomic mass is 16.6. The number of anilines is 1. The van der Waals surface area contributed by atoms with Gasteiger partial charge in [-0.25, -0.2) is 0 Å². The van der Waals surface area contributed by atoms with Crippen molar-refractivity contribution in [2.45, 2.75) is 37.4 Å². The molecule has 0 unspecified atom stereocenters. The molecule has 4 atom stereocenters. The van der Waals surface area contributed by atoms with Gasteiger partial charge in [0.2, 0.25) is 0 Å². The van der Waals surface area contributed by atoms with Crippen LogP contribution in [0.25, 0.3) is 11.3 Å². The molecule has 10 heteroatoms. The van der Waals surface area contributed by atoms with Crippen molar-refractivity contribution in [2.24, 2.45) is 0 Å². The van der Waals surface area contributed by atoms with Crippen molar-refractivity contribution in [3.8, 4) is 11.3 Å². The quantitative estimate of drug-likeness (QED) is 0.214. The van der Waals surface area contributed by atoms with Crippen LogP contribution < -0.4 is 5.32 Å². The molecule has 0 bridgehead atoms. The molecule has 1 aliphatic rings. The third-order valence-corrected chi connectivity index (χ3v) is 6.18. The number of aliphatic hydroxyl groups excluding tert-OH is 4. The Balaban J connectivity index is 1.46. The van der Waals surface area contributed by atoms with Gasteiger partial charge in [-0.15, -0.1) is 0 Å². The Morgan fingerprint density at radius 3 is 2.56 bits per heavy atom. The largest absolute Gasteiger partial charge is 0.395 e. The van der Waals surface area contributed by atoms with Crippen molar-refractivity contribution in [3.05, 3.63) is 82.0 Å². The van der Waals surface area contributed by atoms with Crippen molar-refractivity contribution in [1.82, 2.24) is 9.88 Å². The number of aliphatic hydroxyl groups is 4. The maximum absolute atomic E-state index is 11.6. The molecule has 1 aromatic heterocycles. The predicted molar refractivity (Wildman–Crippen MR) is 126 cm³/mol. The highest BCUT2D eigenvalue weighted by Gasteiger charge is 2.40. The van der Waals surface area contributed by atoms with E-state index in [0.29, 0.717) is 18.8 Å². The summed E-state index contributed by atoms with van der Waals surface area (Å²) in [6.45, 7) is 0.467. The Morgan fingerprint density at radius 2 is 1.85 bits per heavy atom. The Kier molecular flexibility index (Phi) is 7.25. The average Bonchev–Trinajstić information content (AvgIpc) is 3.37. The Labute approximate surface area is 196 Å². The van der Waals surface area contributed by atoms with E-state index >= 15 is 0 Å². The van der Waals surface area contributed by atoms with Gasteiger partial charge in [-0.2, -0.15) is 0 Å². The standard InChI is InChI=1S/C24H28N4O6/c29-14-21-23(31)24(32)22(30)13-27(21)12-16-4-1-3-15(9-16)11-26-19-7-6-17(10-20(19)28(33)34)18-5-2-8-25-18/h1-10,21-26,29-32H,11-14H2/t21-,22+,23-,24-/m1/s1. The fourth-order valence-electron chi connectivity index (χ4n) is 4.34. The zero-order chi connectivity index (χ0) is 24.2. The van der Waals surface area contributed by atoms with Gasteiger partial charge in [0.05, 0.1) is 23.7 Å². The van der Waals surface area contributed by atoms with Gasteiger partial charge in [0.1, 0.15) is 17.9 Å². The van der Waals surface area contributed by atoms with E-state index < -0.39 is 29.3 Å². The van der Waals surface area contributed by atoms with Crippen LogP contribution in [0.5, 0.6) is 0 Å². The van der Waals surface area contributed by atoms with Crippen molar-refractivity contribution >= 4 is 11.4 Å². The van der Waals surface area contributed by atoms with Crippen molar-refractivity contribution in [3.63, 3.8) is 0 Å². The molecular weight excluding hydrogens is 440 g/mol. The number of nitrogens with zero attached hydrogens (tertiary/aromatic N) is 2. The second-order valence-electron chi connectivity index (χ2n) is 8.47. The van der Waals surface area contributed by atoms with E-state index in [1.54, 1.807) is 17.2 Å². The lowest BCUT2D eigenvalue weighted by Gasteiger charge is -2.43. The van der Waals surface area contributed by atoms with Gasteiger partial charge in [-0.1, -0.05) is 30.3 Å². The summed E-state index contributed by atoms with van der Waals surface area (Å²) in [6.07, 6.45) is -1.91. The summed E-state index contributed by atoms with van der Waals surface area (Å²) in [5.41, 5.74) is 3.66. The summed E-state index contributed by atoms with van der Waals surface area (Å²) in [7, 11) is 0. The van der Waals surface area contributed by atoms with Gasteiger partial charge in [0.25, 0.3) is 5.69 Å². The topological polar surface area (TPSA) is 155 Å². The first-order valence-corrected chi connectivity index (χ1v) is 11.0. The van der Waals surface area contributed by atoms with Crippen LogP contribution >= 0.6 is 0 Å². The SMILES string of the molecule is O=[N+]([O-])c1cc(-c2ccc[nH]2)ccc1NCc1cccc(CN2C[C@H](O)[C@@H](O)[C@H](O)[C@H]2CO)c1. The minimum Gasteiger partial charge on any atom is -0.395 e. The van der Waals surface area contributed by atoms with Crippen molar-refractivity contribution in [1.29, 1.82) is 0 Å². The number of hydrogen-bond acceptors (Lipinski definition) is 8. The second kappa shape index (κ2) is 10.3. The minimum atomic E-state index is -1.30. The Bertz CT molecular complexity index is 1120. The van der Waals surface area contributed by atoms with Gasteiger partial charge in [0, 0.05) is 43.2 Å². The minimum absolute atomic E-state index is 0.0242. The fourth-order valence-corrected chi connectivity index (χ4v) is 4.34. The lowest BCUT2D eigenvalue weighted by molar-refractivity contribution is -0.383. The molecule has 1 aliphatic heterocycles. The zero-order valence-electron chi connectivity index (χ0n) is 18.4. The number of H-pyrrole nitrogens is 1. The smallest absolute Gasteiger partial charge is 0.292 e. The van der Waals surface area contributed by atoms with Crippen LogP contribution in [0.3, 0.4) is 0 Å². The van der Waals surface area contributed by atoms with E-state index in [4.69, 9.17) is 0 Å². The molecule has 34 heavy (non-hydrogen) atoms. The molecule has 4 rings (SSSR count). The summed E-state index contributed by atoms with van der Waals surface area (Å²) in [4.78, 5) is 16.0. The van der Waals surface area contributed by atoms with Crippen LogP contribution in [0.15, 0.2) is 60.8 Å². The lowest BCUT2D eigenvalue weighted by Crippen LogP contribution is -2.62. The van der Waals surface area contributed by atoms with E-state index in [2.05, 4.69) is 10.3 Å².